The maximum absolute atomic E-state index is 10.0. The van der Waals surface area contributed by atoms with E-state index in [0.29, 0.717) is 11.4 Å². The van der Waals surface area contributed by atoms with Gasteiger partial charge in [-0.2, -0.15) is 0 Å². The molecule has 12 heavy (non-hydrogen) atoms. The first-order valence-electron chi connectivity index (χ1n) is 3.59. The van der Waals surface area contributed by atoms with Crippen LogP contribution in [0.1, 0.15) is 27.2 Å². The van der Waals surface area contributed by atoms with Crippen molar-refractivity contribution in [2.24, 2.45) is 5.41 Å². The summed E-state index contributed by atoms with van der Waals surface area (Å²) in [5, 5.41) is 8.23. The van der Waals surface area contributed by atoms with Gasteiger partial charge in [-0.15, -0.1) is 0 Å². The van der Waals surface area contributed by atoms with Crippen LogP contribution >= 0.6 is 12.2 Å². The number of carboxylic acid groups (broad SMARTS) is 1. The Kier molecular flexibility index (Phi) is 3.95. The lowest BCUT2D eigenvalue weighted by molar-refractivity contribution is 0.192. The van der Waals surface area contributed by atoms with Gasteiger partial charge in [0, 0.05) is 6.42 Å². The lowest BCUT2D eigenvalue weighted by Gasteiger charge is -2.18. The Balaban J connectivity index is 3.68. The Hall–Kier alpha value is -0.840. The van der Waals surface area contributed by atoms with E-state index >= 15 is 0 Å². The molecular formula is C7H14N2O2S. The molecule has 0 aromatic carbocycles. The number of rotatable bonds is 1. The maximum Gasteiger partial charge on any atom is 0.423 e. The minimum absolute atomic E-state index is 0.0737. The molecule has 1 amide bonds. The predicted octanol–water partition coefficient (Wildman–Crippen LogP) is 1.52. The van der Waals surface area contributed by atoms with E-state index in [-0.39, 0.29) is 5.41 Å². The third-order valence-corrected chi connectivity index (χ3v) is 1.25. The highest BCUT2D eigenvalue weighted by atomic mass is 32.1. The topological polar surface area (TPSA) is 61.4 Å². The second-order valence-electron chi connectivity index (χ2n) is 3.72. The summed E-state index contributed by atoms with van der Waals surface area (Å²) in [6, 6.07) is 0. The average Bonchev–Trinajstić information content (AvgIpc) is 1.79. The van der Waals surface area contributed by atoms with E-state index < -0.39 is 6.09 Å². The van der Waals surface area contributed by atoms with E-state index in [2.05, 4.69) is 5.43 Å². The van der Waals surface area contributed by atoms with Gasteiger partial charge in [-0.1, -0.05) is 33.0 Å². The molecule has 0 saturated carbocycles. The van der Waals surface area contributed by atoms with Crippen molar-refractivity contribution in [2.75, 3.05) is 0 Å². The standard InChI is InChI=1S/C7H14N2O2S/c1-7(2,3)4-5(12)8-9-6(10)11/h9H,4H2,1-3H3,(H,8,12)(H,10,11). The molecule has 0 saturated heterocycles. The van der Waals surface area contributed by atoms with Crippen molar-refractivity contribution in [2.45, 2.75) is 27.2 Å². The van der Waals surface area contributed by atoms with Crippen molar-refractivity contribution in [1.29, 1.82) is 0 Å². The van der Waals surface area contributed by atoms with Crippen molar-refractivity contribution in [3.63, 3.8) is 0 Å². The van der Waals surface area contributed by atoms with Crippen molar-refractivity contribution in [3.05, 3.63) is 0 Å². The van der Waals surface area contributed by atoms with Crippen molar-refractivity contribution >= 4 is 23.3 Å². The summed E-state index contributed by atoms with van der Waals surface area (Å²) in [5.74, 6) is 0. The third kappa shape index (κ3) is 7.27. The number of nitrogens with one attached hydrogen (secondary N) is 2. The summed E-state index contributed by atoms with van der Waals surface area (Å²) in [6.45, 7) is 6.09. The quantitative estimate of drug-likeness (QED) is 0.433. The third-order valence-electron chi connectivity index (χ3n) is 1.000. The zero-order valence-electron chi connectivity index (χ0n) is 7.47. The van der Waals surface area contributed by atoms with Crippen LogP contribution in [0.2, 0.25) is 0 Å². The van der Waals surface area contributed by atoms with E-state index in [1.54, 1.807) is 0 Å². The van der Waals surface area contributed by atoms with Crippen molar-refractivity contribution in [3.8, 4) is 0 Å². The molecule has 3 N–H and O–H groups in total. The van der Waals surface area contributed by atoms with Crippen LogP contribution < -0.4 is 10.9 Å². The van der Waals surface area contributed by atoms with Gasteiger partial charge in [0.05, 0.1) is 4.99 Å². The summed E-state index contributed by atoms with van der Waals surface area (Å²) >= 11 is 4.88. The van der Waals surface area contributed by atoms with Gasteiger partial charge in [-0.05, 0) is 5.41 Å². The highest BCUT2D eigenvalue weighted by Gasteiger charge is 2.12. The highest BCUT2D eigenvalue weighted by Crippen LogP contribution is 2.18. The van der Waals surface area contributed by atoms with Crippen LogP contribution in [0.3, 0.4) is 0 Å². The van der Waals surface area contributed by atoms with Crippen LogP contribution in [0.4, 0.5) is 4.79 Å². The Morgan fingerprint density at radius 3 is 2.25 bits per heavy atom. The normalized spacial score (nSPS) is 10.6. The summed E-state index contributed by atoms with van der Waals surface area (Å²) < 4.78 is 0. The van der Waals surface area contributed by atoms with Gasteiger partial charge in [0.1, 0.15) is 0 Å². The molecule has 0 rings (SSSR count). The van der Waals surface area contributed by atoms with Crippen LogP contribution in [-0.4, -0.2) is 16.2 Å². The van der Waals surface area contributed by atoms with Gasteiger partial charge < -0.3 is 5.11 Å². The molecule has 5 heteroatoms. The number of carbonyl (C=O) groups is 1. The molecule has 0 bridgehead atoms. The average molecular weight is 190 g/mol. The molecule has 70 valence electrons. The van der Waals surface area contributed by atoms with Gasteiger partial charge in [-0.25, -0.2) is 10.2 Å². The molecule has 0 aliphatic heterocycles. The number of thiocarbonyl (C=S) groups is 1. The zero-order chi connectivity index (χ0) is 9.78. The molecule has 0 unspecified atom stereocenters. The fraction of sp³-hybridized carbons (Fsp3) is 0.714. The van der Waals surface area contributed by atoms with Crippen LogP contribution in [-0.2, 0) is 0 Å². The van der Waals surface area contributed by atoms with Gasteiger partial charge in [0.15, 0.2) is 0 Å². The summed E-state index contributed by atoms with van der Waals surface area (Å²) in [5.41, 5.74) is 4.49. The fourth-order valence-corrected chi connectivity index (χ4v) is 1.13. The largest absolute Gasteiger partial charge is 0.464 e. The second-order valence-corrected chi connectivity index (χ2v) is 4.21. The van der Waals surface area contributed by atoms with E-state index in [4.69, 9.17) is 17.3 Å². The summed E-state index contributed by atoms with van der Waals surface area (Å²) in [4.78, 5) is 10.5. The molecule has 4 nitrogen and oxygen atoms in total. The number of hydrogen-bond donors (Lipinski definition) is 3. The molecular weight excluding hydrogens is 176 g/mol. The molecule has 0 radical (unpaired) electrons. The number of hydrogen-bond acceptors (Lipinski definition) is 2. The van der Waals surface area contributed by atoms with E-state index in [9.17, 15) is 4.79 Å². The predicted molar refractivity (Wildman–Crippen MR) is 51.0 cm³/mol. The molecule has 0 atom stereocenters. The first kappa shape index (κ1) is 11.2. The molecule has 0 aliphatic rings. The Bertz CT molecular complexity index is 186. The van der Waals surface area contributed by atoms with Crippen LogP contribution in [0.15, 0.2) is 0 Å². The minimum Gasteiger partial charge on any atom is -0.464 e. The van der Waals surface area contributed by atoms with Crippen LogP contribution in [0, 0.1) is 5.41 Å². The maximum atomic E-state index is 10.0. The van der Waals surface area contributed by atoms with Gasteiger partial charge >= 0.3 is 6.09 Å². The van der Waals surface area contributed by atoms with Gasteiger partial charge in [0.2, 0.25) is 0 Å². The molecule has 0 aromatic heterocycles. The molecule has 0 aromatic rings. The van der Waals surface area contributed by atoms with Crippen LogP contribution in [0.5, 0.6) is 0 Å². The Morgan fingerprint density at radius 2 is 1.92 bits per heavy atom. The second kappa shape index (κ2) is 4.25. The molecule has 0 spiro atoms. The number of hydrazine groups is 1. The monoisotopic (exact) mass is 190 g/mol. The smallest absolute Gasteiger partial charge is 0.423 e. The number of amides is 1. The highest BCUT2D eigenvalue weighted by molar-refractivity contribution is 7.80. The lowest BCUT2D eigenvalue weighted by Crippen LogP contribution is -2.41. The van der Waals surface area contributed by atoms with E-state index in [1.165, 1.54) is 0 Å². The Labute approximate surface area is 77.3 Å². The van der Waals surface area contributed by atoms with E-state index in [0.717, 1.165) is 0 Å². The first-order valence-corrected chi connectivity index (χ1v) is 4.00. The SMILES string of the molecule is CC(C)(C)CC(=S)NNC(=O)O. The molecule has 0 aliphatic carbocycles. The van der Waals surface area contributed by atoms with E-state index in [1.807, 2.05) is 26.2 Å². The van der Waals surface area contributed by atoms with Gasteiger partial charge in [0.25, 0.3) is 0 Å². The minimum atomic E-state index is -1.13. The Morgan fingerprint density at radius 1 is 1.42 bits per heavy atom. The zero-order valence-corrected chi connectivity index (χ0v) is 8.29. The summed E-state index contributed by atoms with van der Waals surface area (Å²) in [7, 11) is 0. The molecule has 0 heterocycles. The molecule has 0 fully saturated rings. The lowest BCUT2D eigenvalue weighted by atomic mass is 9.92. The summed E-state index contributed by atoms with van der Waals surface area (Å²) in [6.07, 6.45) is -0.478. The fourth-order valence-electron chi connectivity index (χ4n) is 0.649. The first-order chi connectivity index (χ1) is 5.31. The van der Waals surface area contributed by atoms with Gasteiger partial charge in [-0.3, -0.25) is 5.43 Å². The van der Waals surface area contributed by atoms with Crippen LogP contribution in [0.25, 0.3) is 0 Å². The van der Waals surface area contributed by atoms with Crippen molar-refractivity contribution in [1.82, 2.24) is 10.9 Å². The van der Waals surface area contributed by atoms with Crippen molar-refractivity contribution < 1.29 is 9.90 Å².